The minimum atomic E-state index is -3.79. The fourth-order valence-corrected chi connectivity index (χ4v) is 22.3. The molecule has 0 unspecified atom stereocenters. The van der Waals surface area contributed by atoms with E-state index in [-0.39, 0.29) is 0 Å². The van der Waals surface area contributed by atoms with Crippen molar-refractivity contribution in [3.8, 4) is 5.75 Å². The zero-order valence-electron chi connectivity index (χ0n) is 26.9. The Kier molecular flexibility index (Phi) is 9.65. The van der Waals surface area contributed by atoms with Crippen molar-refractivity contribution in [2.75, 3.05) is 30.0 Å². The predicted molar refractivity (Wildman–Crippen MR) is 186 cm³/mol. The molecule has 1 aliphatic heterocycles. The van der Waals surface area contributed by atoms with Crippen LogP contribution in [0.4, 0.5) is 11.4 Å². The molecule has 228 valence electrons. The van der Waals surface area contributed by atoms with Crippen LogP contribution in [0.25, 0.3) is 0 Å². The third-order valence-corrected chi connectivity index (χ3v) is 22.7. The Bertz CT molecular complexity index is 1630. The third-order valence-electron chi connectivity index (χ3n) is 8.78. The Balaban J connectivity index is 1.60. The first-order valence-electron chi connectivity index (χ1n) is 15.9. The van der Waals surface area contributed by atoms with Gasteiger partial charge in [0.15, 0.2) is 0 Å². The summed E-state index contributed by atoms with van der Waals surface area (Å²) >= 11 is -3.79. The van der Waals surface area contributed by atoms with E-state index in [9.17, 15) is 0 Å². The average Bonchev–Trinajstić information content (AvgIpc) is 3.44. The van der Waals surface area contributed by atoms with Crippen LogP contribution in [0.1, 0.15) is 33.4 Å². The third kappa shape index (κ3) is 7.15. The van der Waals surface area contributed by atoms with Gasteiger partial charge in [-0.2, -0.15) is 0 Å². The summed E-state index contributed by atoms with van der Waals surface area (Å²) in [5.41, 5.74) is 10.4. The summed E-state index contributed by atoms with van der Waals surface area (Å²) in [6, 6.07) is 46.2. The molecule has 45 heavy (non-hydrogen) atoms. The summed E-state index contributed by atoms with van der Waals surface area (Å²) in [5.74, 6) is 1.94. The molecule has 1 heterocycles. The van der Waals surface area contributed by atoms with E-state index in [1.54, 1.807) is 7.11 Å². The molecule has 0 aliphatic carbocycles. The van der Waals surface area contributed by atoms with E-state index in [2.05, 4.69) is 152 Å². The molecule has 0 bridgehead atoms. The molecular formula is C40H43HfN3O. The fraction of sp³-hybridized carbons (Fsp3) is 0.225. The standard InChI is InChI=1S/C19H22N3O.3C7H7.Hf/c1-13-11-14(2)18(15(3)12-13)22-10-9-21(19(22)20)16-7-5-6-8-17(16)23-4;3*1-7-5-3-2-4-6-7;/h5-8,11-12H,9-10H2,1-4H3;3*2-6H,1H2;/q-1;;;;+1. The molecule has 0 atom stereocenters. The van der Waals surface area contributed by atoms with Crippen molar-refractivity contribution in [3.05, 3.63) is 161 Å². The normalized spacial score (nSPS) is 14.3. The fourth-order valence-electron chi connectivity index (χ4n) is 7.00. The molecule has 6 rings (SSSR count). The summed E-state index contributed by atoms with van der Waals surface area (Å²) in [4.78, 5) is 4.93. The van der Waals surface area contributed by atoms with Crippen LogP contribution in [0.2, 0.25) is 0 Å². The number of benzene rings is 5. The molecule has 5 aromatic carbocycles. The summed E-state index contributed by atoms with van der Waals surface area (Å²) in [7, 11) is 1.77. The number of hydrogen-bond donors (Lipinski definition) is 0. The van der Waals surface area contributed by atoms with Crippen molar-refractivity contribution in [3.63, 3.8) is 0 Å². The molecule has 1 saturated heterocycles. The van der Waals surface area contributed by atoms with E-state index in [0.29, 0.717) is 0 Å². The number of methoxy groups -OCH3 is 1. The molecule has 0 spiro atoms. The number of rotatable bonds is 10. The van der Waals surface area contributed by atoms with Crippen LogP contribution in [-0.4, -0.2) is 26.2 Å². The van der Waals surface area contributed by atoms with E-state index in [4.69, 9.17) is 7.72 Å². The van der Waals surface area contributed by atoms with Gasteiger partial charge >= 0.3 is 275 Å². The molecule has 0 radical (unpaired) electrons. The number of ether oxygens (including phenoxy) is 1. The number of aryl methyl sites for hydroxylation is 3. The number of anilines is 2. The van der Waals surface area contributed by atoms with Gasteiger partial charge in [-0.05, 0) is 0 Å². The van der Waals surface area contributed by atoms with Crippen molar-refractivity contribution in [2.45, 2.75) is 33.3 Å². The van der Waals surface area contributed by atoms with Crippen LogP contribution in [0.5, 0.6) is 5.75 Å². The maximum atomic E-state index is 6.22. The quantitative estimate of drug-likeness (QED) is 0.133. The Morgan fingerprint density at radius 2 is 1.04 bits per heavy atom. The maximum absolute atomic E-state index is 6.22. The first-order valence-corrected chi connectivity index (χ1v) is 25.1. The topological polar surface area (TPSA) is 28.1 Å². The molecule has 0 N–H and O–H groups in total. The van der Waals surface area contributed by atoms with Crippen molar-refractivity contribution >= 4 is 17.3 Å². The van der Waals surface area contributed by atoms with Crippen molar-refractivity contribution in [1.82, 2.24) is 0 Å². The molecular weight excluding hydrogens is 717 g/mol. The van der Waals surface area contributed by atoms with Crippen LogP contribution in [0.15, 0.2) is 130 Å². The SMILES string of the molecule is COc1ccccc1N1CCN(c2c(C)cc(C)cc2C)/C1=[N]\[Hf]([CH2]c1ccccc1)([CH2]c1ccccc1)[CH2]c1ccccc1. The van der Waals surface area contributed by atoms with Gasteiger partial charge in [-0.1, -0.05) is 0 Å². The van der Waals surface area contributed by atoms with Gasteiger partial charge in [-0.15, -0.1) is 0 Å². The van der Waals surface area contributed by atoms with Crippen LogP contribution in [-0.2, 0) is 32.8 Å². The molecule has 1 fully saturated rings. The van der Waals surface area contributed by atoms with Gasteiger partial charge in [0.05, 0.1) is 0 Å². The second kappa shape index (κ2) is 14.0. The van der Waals surface area contributed by atoms with Gasteiger partial charge in [0, 0.05) is 0 Å². The Morgan fingerprint density at radius 3 is 1.53 bits per heavy atom. The molecule has 5 aromatic rings. The zero-order chi connectivity index (χ0) is 31.2. The molecule has 0 amide bonds. The first kappa shape index (κ1) is 31.0. The number of guanidine groups is 1. The van der Waals surface area contributed by atoms with Crippen molar-refractivity contribution < 1.29 is 25.0 Å². The predicted octanol–water partition coefficient (Wildman–Crippen LogP) is 8.97. The first-order chi connectivity index (χ1) is 21.9. The molecule has 0 aromatic heterocycles. The summed E-state index contributed by atoms with van der Waals surface area (Å²) < 4.78 is 15.2. The summed E-state index contributed by atoms with van der Waals surface area (Å²) in [6.45, 7) is 8.39. The zero-order valence-corrected chi connectivity index (χ0v) is 30.5. The second-order valence-electron chi connectivity index (χ2n) is 12.3. The van der Waals surface area contributed by atoms with Gasteiger partial charge in [0.1, 0.15) is 0 Å². The summed E-state index contributed by atoms with van der Waals surface area (Å²) in [6.07, 6.45) is 0. The van der Waals surface area contributed by atoms with Gasteiger partial charge in [-0.25, -0.2) is 0 Å². The summed E-state index contributed by atoms with van der Waals surface area (Å²) in [5, 5.41) is 0. The molecule has 0 saturated carbocycles. The second-order valence-corrected chi connectivity index (χ2v) is 25.8. The van der Waals surface area contributed by atoms with Gasteiger partial charge in [-0.3, -0.25) is 0 Å². The monoisotopic (exact) mass is 761 g/mol. The van der Waals surface area contributed by atoms with Crippen LogP contribution in [0.3, 0.4) is 0 Å². The number of para-hydroxylation sites is 2. The van der Waals surface area contributed by atoms with E-state index in [0.717, 1.165) is 43.0 Å². The van der Waals surface area contributed by atoms with E-state index in [1.807, 2.05) is 6.07 Å². The molecule has 5 heteroatoms. The number of nitrogens with zero attached hydrogens (tertiary/aromatic N) is 3. The van der Waals surface area contributed by atoms with Gasteiger partial charge < -0.3 is 0 Å². The number of hydrogen-bond acceptors (Lipinski definition) is 2. The van der Waals surface area contributed by atoms with E-state index in [1.165, 1.54) is 39.1 Å². The van der Waals surface area contributed by atoms with Crippen LogP contribution < -0.4 is 14.5 Å². The molecule has 1 aliphatic rings. The van der Waals surface area contributed by atoms with E-state index < -0.39 is 20.3 Å². The van der Waals surface area contributed by atoms with Crippen molar-refractivity contribution in [1.29, 1.82) is 0 Å². The van der Waals surface area contributed by atoms with E-state index >= 15 is 0 Å². The molecule has 4 nitrogen and oxygen atoms in total. The average molecular weight is 760 g/mol. The van der Waals surface area contributed by atoms with Gasteiger partial charge in [0.25, 0.3) is 0 Å². The Morgan fingerprint density at radius 1 is 0.600 bits per heavy atom. The minimum absolute atomic E-state index is 0.845. The van der Waals surface area contributed by atoms with Crippen LogP contribution >= 0.6 is 0 Å². The van der Waals surface area contributed by atoms with Crippen molar-refractivity contribution in [2.24, 2.45) is 2.98 Å². The van der Waals surface area contributed by atoms with Gasteiger partial charge in [0.2, 0.25) is 0 Å². The Hall–Kier alpha value is -3.96. The Labute approximate surface area is 273 Å². The van der Waals surface area contributed by atoms with Crippen LogP contribution in [0, 0.1) is 20.8 Å².